The maximum absolute atomic E-state index is 6.17. The summed E-state index contributed by atoms with van der Waals surface area (Å²) in [6, 6.07) is 14.5. The Kier molecular flexibility index (Phi) is 5.66. The molecule has 0 aliphatic carbocycles. The zero-order valence-electron chi connectivity index (χ0n) is 12.8. The molecule has 0 radical (unpaired) electrons. The lowest BCUT2D eigenvalue weighted by Crippen LogP contribution is -2.22. The number of rotatable bonds is 6. The van der Waals surface area contributed by atoms with Crippen molar-refractivity contribution in [3.63, 3.8) is 0 Å². The Morgan fingerprint density at radius 3 is 2.38 bits per heavy atom. The average Bonchev–Trinajstić information content (AvgIpc) is 2.53. The van der Waals surface area contributed by atoms with Gasteiger partial charge in [0.1, 0.15) is 5.75 Å². The Bertz CT molecular complexity index is 580. The van der Waals surface area contributed by atoms with Crippen molar-refractivity contribution < 1.29 is 4.74 Å². The fourth-order valence-corrected chi connectivity index (χ4v) is 2.67. The quantitative estimate of drug-likeness (QED) is 0.841. The van der Waals surface area contributed by atoms with Crippen molar-refractivity contribution in [1.82, 2.24) is 5.32 Å². The molecule has 0 amide bonds. The Labute approximate surface area is 132 Å². The van der Waals surface area contributed by atoms with E-state index in [4.69, 9.17) is 16.3 Å². The van der Waals surface area contributed by atoms with Crippen LogP contribution in [0.3, 0.4) is 0 Å². The van der Waals surface area contributed by atoms with Crippen molar-refractivity contribution in [2.75, 3.05) is 13.7 Å². The lowest BCUT2D eigenvalue weighted by atomic mass is 9.96. The van der Waals surface area contributed by atoms with Crippen molar-refractivity contribution in [3.05, 3.63) is 64.2 Å². The molecule has 1 unspecified atom stereocenters. The van der Waals surface area contributed by atoms with Gasteiger partial charge < -0.3 is 10.1 Å². The summed E-state index contributed by atoms with van der Waals surface area (Å²) in [6.07, 6.45) is 1.05. The zero-order valence-corrected chi connectivity index (χ0v) is 13.6. The Balaban J connectivity index is 2.44. The van der Waals surface area contributed by atoms with Gasteiger partial charge in [-0.1, -0.05) is 49.7 Å². The molecule has 0 bridgehead atoms. The molecule has 0 fully saturated rings. The average molecular weight is 304 g/mol. The van der Waals surface area contributed by atoms with E-state index in [1.165, 1.54) is 11.1 Å². The summed E-state index contributed by atoms with van der Waals surface area (Å²) in [5, 5.41) is 4.24. The van der Waals surface area contributed by atoms with E-state index in [0.29, 0.717) is 0 Å². The summed E-state index contributed by atoms with van der Waals surface area (Å²) in [4.78, 5) is 0. The molecule has 2 rings (SSSR count). The van der Waals surface area contributed by atoms with Gasteiger partial charge in [-0.3, -0.25) is 0 Å². The van der Waals surface area contributed by atoms with Crippen LogP contribution in [0.2, 0.25) is 5.02 Å². The number of ether oxygens (including phenoxy) is 1. The third-order valence-electron chi connectivity index (χ3n) is 3.63. The highest BCUT2D eigenvalue weighted by molar-refractivity contribution is 6.30. The summed E-state index contributed by atoms with van der Waals surface area (Å²) in [6.45, 7) is 5.14. The summed E-state index contributed by atoms with van der Waals surface area (Å²) in [5.74, 6) is 0.852. The Morgan fingerprint density at radius 1 is 1.10 bits per heavy atom. The van der Waals surface area contributed by atoms with E-state index in [9.17, 15) is 0 Å². The van der Waals surface area contributed by atoms with Gasteiger partial charge in [0.2, 0.25) is 0 Å². The van der Waals surface area contributed by atoms with Gasteiger partial charge >= 0.3 is 0 Å². The van der Waals surface area contributed by atoms with E-state index in [1.54, 1.807) is 7.11 Å². The number of methoxy groups -OCH3 is 1. The number of nitrogens with one attached hydrogen (secondary N) is 1. The van der Waals surface area contributed by atoms with E-state index in [2.05, 4.69) is 43.4 Å². The third kappa shape index (κ3) is 3.78. The molecule has 0 aromatic heterocycles. The van der Waals surface area contributed by atoms with Gasteiger partial charge in [0.05, 0.1) is 13.2 Å². The van der Waals surface area contributed by atoms with E-state index < -0.39 is 0 Å². The second kappa shape index (κ2) is 7.48. The van der Waals surface area contributed by atoms with Gasteiger partial charge in [0, 0.05) is 10.6 Å². The molecule has 2 aromatic rings. The van der Waals surface area contributed by atoms with Crippen LogP contribution in [0.5, 0.6) is 5.75 Å². The topological polar surface area (TPSA) is 21.3 Å². The second-order valence-corrected chi connectivity index (χ2v) is 5.41. The van der Waals surface area contributed by atoms with Crippen LogP contribution in [0.25, 0.3) is 0 Å². The normalized spacial score (nSPS) is 12.2. The summed E-state index contributed by atoms with van der Waals surface area (Å²) >= 11 is 6.17. The van der Waals surface area contributed by atoms with E-state index >= 15 is 0 Å². The molecule has 0 aliphatic rings. The number of hydrogen-bond acceptors (Lipinski definition) is 2. The molecule has 1 atom stereocenters. The first-order valence-electron chi connectivity index (χ1n) is 7.35. The molecule has 0 heterocycles. The largest absolute Gasteiger partial charge is 0.496 e. The monoisotopic (exact) mass is 303 g/mol. The first kappa shape index (κ1) is 15.9. The van der Waals surface area contributed by atoms with Crippen LogP contribution >= 0.6 is 11.6 Å². The standard InChI is InChI=1S/C18H22ClNO/c1-4-13-6-8-14(9-7-13)18(20-5-2)16-12-15(19)10-11-17(16)21-3/h6-12,18,20H,4-5H2,1-3H3. The zero-order chi connectivity index (χ0) is 15.2. The lowest BCUT2D eigenvalue weighted by Gasteiger charge is -2.22. The van der Waals surface area contributed by atoms with Crippen LogP contribution in [0.15, 0.2) is 42.5 Å². The molecule has 1 N–H and O–H groups in total. The van der Waals surface area contributed by atoms with Crippen LogP contribution in [-0.4, -0.2) is 13.7 Å². The molecule has 3 heteroatoms. The summed E-state index contributed by atoms with van der Waals surface area (Å²) < 4.78 is 5.50. The molecule has 21 heavy (non-hydrogen) atoms. The minimum Gasteiger partial charge on any atom is -0.496 e. The minimum absolute atomic E-state index is 0.0783. The number of benzene rings is 2. The molecule has 0 saturated carbocycles. The highest BCUT2D eigenvalue weighted by Gasteiger charge is 2.17. The molecular formula is C18H22ClNO. The smallest absolute Gasteiger partial charge is 0.124 e. The predicted octanol–water partition coefficient (Wildman–Crippen LogP) is 4.61. The van der Waals surface area contributed by atoms with Crippen LogP contribution in [0, 0.1) is 0 Å². The fraction of sp³-hybridized carbons (Fsp3) is 0.333. The molecule has 0 aliphatic heterocycles. The van der Waals surface area contributed by atoms with Gasteiger partial charge in [-0.05, 0) is 42.3 Å². The van der Waals surface area contributed by atoms with E-state index in [1.807, 2.05) is 18.2 Å². The van der Waals surface area contributed by atoms with Crippen LogP contribution < -0.4 is 10.1 Å². The van der Waals surface area contributed by atoms with Crippen LogP contribution in [-0.2, 0) is 6.42 Å². The Morgan fingerprint density at radius 2 is 1.81 bits per heavy atom. The van der Waals surface area contributed by atoms with Crippen molar-refractivity contribution in [1.29, 1.82) is 0 Å². The van der Waals surface area contributed by atoms with Crippen molar-refractivity contribution in [3.8, 4) is 5.75 Å². The highest BCUT2D eigenvalue weighted by atomic mass is 35.5. The summed E-state index contributed by atoms with van der Waals surface area (Å²) in [7, 11) is 1.69. The van der Waals surface area contributed by atoms with Crippen molar-refractivity contribution in [2.45, 2.75) is 26.3 Å². The second-order valence-electron chi connectivity index (χ2n) is 4.97. The maximum atomic E-state index is 6.17. The molecular weight excluding hydrogens is 282 g/mol. The SMILES string of the molecule is CCNC(c1ccc(CC)cc1)c1cc(Cl)ccc1OC. The van der Waals surface area contributed by atoms with Gasteiger partial charge in [-0.15, -0.1) is 0 Å². The maximum Gasteiger partial charge on any atom is 0.124 e. The lowest BCUT2D eigenvalue weighted by molar-refractivity contribution is 0.404. The number of hydrogen-bond donors (Lipinski definition) is 1. The molecule has 2 nitrogen and oxygen atoms in total. The molecule has 0 spiro atoms. The first-order valence-corrected chi connectivity index (χ1v) is 7.73. The first-order chi connectivity index (χ1) is 10.2. The molecule has 112 valence electrons. The minimum atomic E-state index is 0.0783. The summed E-state index contributed by atoms with van der Waals surface area (Å²) in [5.41, 5.74) is 3.62. The number of aryl methyl sites for hydroxylation is 1. The predicted molar refractivity (Wildman–Crippen MR) is 89.3 cm³/mol. The van der Waals surface area contributed by atoms with Gasteiger partial charge in [0.25, 0.3) is 0 Å². The van der Waals surface area contributed by atoms with Gasteiger partial charge in [-0.25, -0.2) is 0 Å². The fourth-order valence-electron chi connectivity index (χ4n) is 2.49. The van der Waals surface area contributed by atoms with Gasteiger partial charge in [0.15, 0.2) is 0 Å². The van der Waals surface area contributed by atoms with Crippen LogP contribution in [0.1, 0.15) is 36.6 Å². The molecule has 0 saturated heterocycles. The van der Waals surface area contributed by atoms with Crippen LogP contribution in [0.4, 0.5) is 0 Å². The number of halogens is 1. The van der Waals surface area contributed by atoms with E-state index in [-0.39, 0.29) is 6.04 Å². The molecule has 2 aromatic carbocycles. The van der Waals surface area contributed by atoms with Crippen molar-refractivity contribution in [2.24, 2.45) is 0 Å². The van der Waals surface area contributed by atoms with Crippen molar-refractivity contribution >= 4 is 11.6 Å². The van der Waals surface area contributed by atoms with E-state index in [0.717, 1.165) is 29.3 Å². The van der Waals surface area contributed by atoms with Gasteiger partial charge in [-0.2, -0.15) is 0 Å². The highest BCUT2D eigenvalue weighted by Crippen LogP contribution is 2.32. The Hall–Kier alpha value is -1.51. The third-order valence-corrected chi connectivity index (χ3v) is 3.87.